The van der Waals surface area contributed by atoms with Crippen molar-refractivity contribution in [3.63, 3.8) is 0 Å². The molecule has 0 aromatic heterocycles. The maximum Gasteiger partial charge on any atom is 0.191 e. The van der Waals surface area contributed by atoms with E-state index in [2.05, 4.69) is 34.5 Å². The lowest BCUT2D eigenvalue weighted by molar-refractivity contribution is 0.0702. The van der Waals surface area contributed by atoms with E-state index in [-0.39, 0.29) is 24.0 Å². The molecule has 1 fully saturated rings. The van der Waals surface area contributed by atoms with E-state index < -0.39 is 0 Å². The second-order valence-electron chi connectivity index (χ2n) is 6.77. The summed E-state index contributed by atoms with van der Waals surface area (Å²) in [4.78, 5) is 7.15. The average molecular weight is 484 g/mol. The van der Waals surface area contributed by atoms with E-state index in [1.54, 1.807) is 7.11 Å². The lowest BCUT2D eigenvalue weighted by Gasteiger charge is -2.31. The molecule has 0 amide bonds. The van der Waals surface area contributed by atoms with Gasteiger partial charge in [0.2, 0.25) is 0 Å². The van der Waals surface area contributed by atoms with Crippen LogP contribution in [0.25, 0.3) is 0 Å². The molecular formula is C19H41IN4O2. The van der Waals surface area contributed by atoms with Gasteiger partial charge in [-0.3, -0.25) is 4.99 Å². The van der Waals surface area contributed by atoms with E-state index >= 15 is 0 Å². The number of halogens is 1. The molecule has 0 aromatic rings. The number of ether oxygens (including phenoxy) is 2. The summed E-state index contributed by atoms with van der Waals surface area (Å²) in [5.41, 5.74) is 0. The molecule has 1 saturated carbocycles. The number of nitrogens with zero attached hydrogens (tertiary/aromatic N) is 2. The Kier molecular flexibility index (Phi) is 18.2. The van der Waals surface area contributed by atoms with Gasteiger partial charge in [-0.1, -0.05) is 19.3 Å². The van der Waals surface area contributed by atoms with Crippen LogP contribution in [0, 0.1) is 0 Å². The Balaban J connectivity index is 0.00000625. The van der Waals surface area contributed by atoms with Crippen LogP contribution in [0.3, 0.4) is 0 Å². The van der Waals surface area contributed by atoms with Crippen molar-refractivity contribution in [2.75, 3.05) is 60.2 Å². The van der Waals surface area contributed by atoms with Crippen LogP contribution in [-0.4, -0.2) is 77.1 Å². The third kappa shape index (κ3) is 13.1. The highest BCUT2D eigenvalue weighted by Crippen LogP contribution is 2.21. The molecule has 7 heteroatoms. The lowest BCUT2D eigenvalue weighted by Crippen LogP contribution is -2.40. The van der Waals surface area contributed by atoms with Gasteiger partial charge in [0.05, 0.1) is 13.2 Å². The number of guanidine groups is 1. The second kappa shape index (κ2) is 18.3. The summed E-state index contributed by atoms with van der Waals surface area (Å²) in [6.45, 7) is 7.94. The standard InChI is InChI=1S/C19H40N4O2.HI/c1-4-20-19(22-13-9-15-25-17-16-24-3)21-12-8-14-23(2)18-10-6-5-7-11-18;/h18H,4-17H2,1-3H3,(H2,20,21,22);1H. The van der Waals surface area contributed by atoms with Gasteiger partial charge in [-0.15, -0.1) is 24.0 Å². The molecule has 2 N–H and O–H groups in total. The summed E-state index contributed by atoms with van der Waals surface area (Å²) < 4.78 is 10.4. The fourth-order valence-corrected chi connectivity index (χ4v) is 3.18. The number of aliphatic imine (C=N–C) groups is 1. The molecule has 156 valence electrons. The molecule has 1 aliphatic rings. The fraction of sp³-hybridized carbons (Fsp3) is 0.947. The Labute approximate surface area is 177 Å². The molecule has 0 saturated heterocycles. The summed E-state index contributed by atoms with van der Waals surface area (Å²) in [6, 6.07) is 0.800. The van der Waals surface area contributed by atoms with Crippen LogP contribution in [-0.2, 0) is 9.47 Å². The third-order valence-corrected chi connectivity index (χ3v) is 4.67. The Morgan fingerprint density at radius 1 is 1.08 bits per heavy atom. The van der Waals surface area contributed by atoms with Gasteiger partial charge in [0, 0.05) is 39.4 Å². The zero-order chi connectivity index (χ0) is 18.2. The van der Waals surface area contributed by atoms with Crippen molar-refractivity contribution in [1.29, 1.82) is 0 Å². The molecule has 1 aliphatic carbocycles. The lowest BCUT2D eigenvalue weighted by atomic mass is 9.94. The molecule has 0 unspecified atom stereocenters. The minimum atomic E-state index is 0. The van der Waals surface area contributed by atoms with E-state index in [4.69, 9.17) is 9.47 Å². The van der Waals surface area contributed by atoms with Crippen LogP contribution >= 0.6 is 24.0 Å². The van der Waals surface area contributed by atoms with Crippen LogP contribution in [0.5, 0.6) is 0 Å². The Hall–Kier alpha value is -0.120. The van der Waals surface area contributed by atoms with Crippen LogP contribution in [0.4, 0.5) is 0 Å². The minimum Gasteiger partial charge on any atom is -0.382 e. The predicted octanol–water partition coefficient (Wildman–Crippen LogP) is 2.87. The molecule has 0 aliphatic heterocycles. The molecule has 6 nitrogen and oxygen atoms in total. The summed E-state index contributed by atoms with van der Waals surface area (Å²) in [7, 11) is 3.97. The van der Waals surface area contributed by atoms with Gasteiger partial charge >= 0.3 is 0 Å². The number of rotatable bonds is 13. The first kappa shape index (κ1) is 25.9. The first-order valence-electron chi connectivity index (χ1n) is 10.1. The van der Waals surface area contributed by atoms with Crippen molar-refractivity contribution >= 4 is 29.9 Å². The van der Waals surface area contributed by atoms with Crippen molar-refractivity contribution in [2.45, 2.75) is 57.9 Å². The summed E-state index contributed by atoms with van der Waals surface area (Å²) >= 11 is 0. The van der Waals surface area contributed by atoms with Gasteiger partial charge in [0.25, 0.3) is 0 Å². The minimum absolute atomic E-state index is 0. The summed E-state index contributed by atoms with van der Waals surface area (Å²) in [5.74, 6) is 0.916. The quantitative estimate of drug-likeness (QED) is 0.182. The molecule has 1 rings (SSSR count). The van der Waals surface area contributed by atoms with E-state index in [0.29, 0.717) is 13.2 Å². The topological polar surface area (TPSA) is 58.1 Å². The van der Waals surface area contributed by atoms with Crippen LogP contribution < -0.4 is 10.6 Å². The van der Waals surface area contributed by atoms with Crippen molar-refractivity contribution in [2.24, 2.45) is 4.99 Å². The summed E-state index contributed by atoms with van der Waals surface area (Å²) in [5, 5.41) is 6.75. The first-order chi connectivity index (χ1) is 12.3. The van der Waals surface area contributed by atoms with E-state index in [1.165, 1.54) is 32.1 Å². The molecular weight excluding hydrogens is 443 g/mol. The number of nitrogens with one attached hydrogen (secondary N) is 2. The SMILES string of the molecule is CCNC(=NCCCOCCOC)NCCCN(C)C1CCCCC1.I. The molecule has 0 radical (unpaired) electrons. The van der Waals surface area contributed by atoms with Crippen molar-refractivity contribution in [1.82, 2.24) is 15.5 Å². The smallest absolute Gasteiger partial charge is 0.191 e. The Morgan fingerprint density at radius 3 is 2.54 bits per heavy atom. The second-order valence-corrected chi connectivity index (χ2v) is 6.77. The van der Waals surface area contributed by atoms with Gasteiger partial charge in [-0.25, -0.2) is 0 Å². The Morgan fingerprint density at radius 2 is 1.85 bits per heavy atom. The maximum atomic E-state index is 5.46. The zero-order valence-corrected chi connectivity index (χ0v) is 19.4. The van der Waals surface area contributed by atoms with Crippen LogP contribution in [0.15, 0.2) is 4.99 Å². The van der Waals surface area contributed by atoms with Gasteiger partial charge in [-0.2, -0.15) is 0 Å². The summed E-state index contributed by atoms with van der Waals surface area (Å²) in [6.07, 6.45) is 9.06. The van der Waals surface area contributed by atoms with Crippen molar-refractivity contribution in [3.8, 4) is 0 Å². The highest BCUT2D eigenvalue weighted by molar-refractivity contribution is 14.0. The zero-order valence-electron chi connectivity index (χ0n) is 17.1. The van der Waals surface area contributed by atoms with Gasteiger partial charge < -0.3 is 25.0 Å². The highest BCUT2D eigenvalue weighted by atomic mass is 127. The van der Waals surface area contributed by atoms with Crippen LogP contribution in [0.1, 0.15) is 51.9 Å². The molecule has 0 bridgehead atoms. The predicted molar refractivity (Wildman–Crippen MR) is 121 cm³/mol. The number of methoxy groups -OCH3 is 1. The maximum absolute atomic E-state index is 5.46. The molecule has 0 spiro atoms. The van der Waals surface area contributed by atoms with E-state index in [0.717, 1.165) is 57.6 Å². The van der Waals surface area contributed by atoms with Gasteiger partial charge in [-0.05, 0) is 46.2 Å². The van der Waals surface area contributed by atoms with Gasteiger partial charge in [0.15, 0.2) is 5.96 Å². The highest BCUT2D eigenvalue weighted by Gasteiger charge is 2.17. The van der Waals surface area contributed by atoms with Gasteiger partial charge in [0.1, 0.15) is 0 Å². The number of hydrogen-bond acceptors (Lipinski definition) is 4. The third-order valence-electron chi connectivity index (χ3n) is 4.67. The first-order valence-corrected chi connectivity index (χ1v) is 10.1. The van der Waals surface area contributed by atoms with Crippen molar-refractivity contribution in [3.05, 3.63) is 0 Å². The van der Waals surface area contributed by atoms with Crippen LogP contribution in [0.2, 0.25) is 0 Å². The normalized spacial score (nSPS) is 15.8. The fourth-order valence-electron chi connectivity index (χ4n) is 3.18. The average Bonchev–Trinajstić information content (AvgIpc) is 2.64. The number of hydrogen-bond donors (Lipinski definition) is 2. The Bertz CT molecular complexity index is 340. The molecule has 0 heterocycles. The molecule has 26 heavy (non-hydrogen) atoms. The van der Waals surface area contributed by atoms with E-state index in [9.17, 15) is 0 Å². The largest absolute Gasteiger partial charge is 0.382 e. The molecule has 0 atom stereocenters. The van der Waals surface area contributed by atoms with E-state index in [1.807, 2.05) is 0 Å². The monoisotopic (exact) mass is 484 g/mol. The van der Waals surface area contributed by atoms with Crippen molar-refractivity contribution < 1.29 is 9.47 Å². The molecule has 0 aromatic carbocycles.